The van der Waals surface area contributed by atoms with Gasteiger partial charge in [-0.2, -0.15) is 0 Å². The number of para-hydroxylation sites is 1. The van der Waals surface area contributed by atoms with E-state index < -0.39 is 0 Å². The Kier molecular flexibility index (Phi) is 8.54. The second-order valence-corrected chi connectivity index (χ2v) is 17.7. The van der Waals surface area contributed by atoms with Crippen molar-refractivity contribution in [1.82, 2.24) is 9.97 Å². The summed E-state index contributed by atoms with van der Waals surface area (Å²) in [5.74, 6) is 1.14. The molecule has 0 saturated heterocycles. The standard InChI is InChI=1S/C46H47N3OS/c1-44(2,3)30-23-29(24-33(25-30)49(32-17-11-10-12-18-32)40-21-15-16-22-47-40)38-28-35-34-19-13-14-20-39(34)51-43(35)41(48-38)36-26-31(45(4,5)6)27-37(42(36)50)46(7,8)9/h10-28,50H,1-9H3. The van der Waals surface area contributed by atoms with Gasteiger partial charge in [0.05, 0.1) is 16.1 Å². The summed E-state index contributed by atoms with van der Waals surface area (Å²) >= 11 is 1.74. The van der Waals surface area contributed by atoms with E-state index in [1.807, 2.05) is 30.5 Å². The van der Waals surface area contributed by atoms with Crippen LogP contribution in [0.5, 0.6) is 5.75 Å². The van der Waals surface area contributed by atoms with Crippen LogP contribution in [-0.2, 0) is 16.2 Å². The molecule has 0 spiro atoms. The molecule has 0 atom stereocenters. The summed E-state index contributed by atoms with van der Waals surface area (Å²) in [6.45, 7) is 19.9. The van der Waals surface area contributed by atoms with E-state index in [1.54, 1.807) is 11.3 Å². The molecule has 1 N–H and O–H groups in total. The zero-order valence-corrected chi connectivity index (χ0v) is 32.0. The highest BCUT2D eigenvalue weighted by atomic mass is 32.1. The Morgan fingerprint density at radius 2 is 1.27 bits per heavy atom. The Labute approximate surface area is 306 Å². The minimum Gasteiger partial charge on any atom is -0.507 e. The molecule has 51 heavy (non-hydrogen) atoms. The lowest BCUT2D eigenvalue weighted by atomic mass is 9.78. The average Bonchev–Trinajstić information content (AvgIpc) is 3.46. The van der Waals surface area contributed by atoms with Gasteiger partial charge in [0.15, 0.2) is 0 Å². The second-order valence-electron chi connectivity index (χ2n) is 16.6. The number of nitrogens with zero attached hydrogens (tertiary/aromatic N) is 3. The molecule has 0 unspecified atom stereocenters. The van der Waals surface area contributed by atoms with Crippen molar-refractivity contribution in [2.24, 2.45) is 0 Å². The van der Waals surface area contributed by atoms with Gasteiger partial charge < -0.3 is 5.11 Å². The Morgan fingerprint density at radius 3 is 1.94 bits per heavy atom. The molecular weight excluding hydrogens is 643 g/mol. The molecule has 0 fully saturated rings. The largest absolute Gasteiger partial charge is 0.507 e. The topological polar surface area (TPSA) is 49.3 Å². The van der Waals surface area contributed by atoms with E-state index >= 15 is 0 Å². The van der Waals surface area contributed by atoms with E-state index in [-0.39, 0.29) is 16.2 Å². The number of aromatic hydroxyl groups is 1. The second kappa shape index (κ2) is 12.6. The Hall–Kier alpha value is -5.00. The molecule has 0 saturated carbocycles. The van der Waals surface area contributed by atoms with E-state index in [4.69, 9.17) is 9.97 Å². The molecule has 0 aliphatic heterocycles. The van der Waals surface area contributed by atoms with Crippen molar-refractivity contribution in [3.8, 4) is 28.3 Å². The number of thiophene rings is 1. The van der Waals surface area contributed by atoms with Gasteiger partial charge >= 0.3 is 0 Å². The molecule has 258 valence electrons. The third-order valence-electron chi connectivity index (χ3n) is 9.63. The van der Waals surface area contributed by atoms with Crippen LogP contribution in [0.4, 0.5) is 17.2 Å². The number of benzene rings is 4. The first-order chi connectivity index (χ1) is 24.1. The first-order valence-electron chi connectivity index (χ1n) is 17.7. The van der Waals surface area contributed by atoms with E-state index in [0.29, 0.717) is 5.75 Å². The lowest BCUT2D eigenvalue weighted by Crippen LogP contribution is -2.17. The van der Waals surface area contributed by atoms with Gasteiger partial charge in [-0.05, 0) is 88.0 Å². The highest BCUT2D eigenvalue weighted by molar-refractivity contribution is 7.26. The number of hydrogen-bond acceptors (Lipinski definition) is 5. The normalized spacial score (nSPS) is 12.5. The molecule has 0 aliphatic rings. The van der Waals surface area contributed by atoms with Crippen molar-refractivity contribution in [1.29, 1.82) is 0 Å². The summed E-state index contributed by atoms with van der Waals surface area (Å²) in [5.41, 5.74) is 8.26. The van der Waals surface area contributed by atoms with E-state index in [0.717, 1.165) is 55.4 Å². The summed E-state index contributed by atoms with van der Waals surface area (Å²) in [4.78, 5) is 12.5. The Bertz CT molecular complexity index is 2330. The predicted octanol–water partition coefficient (Wildman–Crippen LogP) is 13.2. The van der Waals surface area contributed by atoms with Crippen molar-refractivity contribution < 1.29 is 5.11 Å². The van der Waals surface area contributed by atoms with Crippen LogP contribution in [0.25, 0.3) is 42.7 Å². The maximum Gasteiger partial charge on any atom is 0.137 e. The van der Waals surface area contributed by atoms with Crippen LogP contribution in [0.2, 0.25) is 0 Å². The number of hydrogen-bond donors (Lipinski definition) is 1. The van der Waals surface area contributed by atoms with Crippen LogP contribution in [0.3, 0.4) is 0 Å². The molecule has 4 aromatic carbocycles. The lowest BCUT2D eigenvalue weighted by molar-refractivity contribution is 0.446. The molecule has 0 bridgehead atoms. The summed E-state index contributed by atoms with van der Waals surface area (Å²) in [6, 6.07) is 38.4. The van der Waals surface area contributed by atoms with Gasteiger partial charge in [-0.25, -0.2) is 9.97 Å². The molecule has 0 aliphatic carbocycles. The highest BCUT2D eigenvalue weighted by Gasteiger charge is 2.28. The van der Waals surface area contributed by atoms with Crippen molar-refractivity contribution in [3.63, 3.8) is 0 Å². The Balaban J connectivity index is 1.56. The van der Waals surface area contributed by atoms with Gasteiger partial charge in [0, 0.05) is 49.7 Å². The van der Waals surface area contributed by atoms with Crippen molar-refractivity contribution in [3.05, 3.63) is 132 Å². The SMILES string of the molecule is CC(C)(C)c1cc(-c2cc3c(sc4ccccc43)c(-c3cc(C(C)(C)C)cc(C(C)(C)C)c3O)n2)cc(N(c2ccccc2)c2ccccn2)c1. The zero-order chi connectivity index (χ0) is 36.3. The fourth-order valence-electron chi connectivity index (χ4n) is 6.67. The van der Waals surface area contributed by atoms with Crippen molar-refractivity contribution in [2.75, 3.05) is 4.90 Å². The zero-order valence-electron chi connectivity index (χ0n) is 31.2. The van der Waals surface area contributed by atoms with Crippen LogP contribution in [0, 0.1) is 0 Å². The number of aromatic nitrogens is 2. The number of anilines is 3. The number of phenols is 1. The maximum absolute atomic E-state index is 12.1. The van der Waals surface area contributed by atoms with Gasteiger partial charge in [-0.15, -0.1) is 11.3 Å². The van der Waals surface area contributed by atoms with Gasteiger partial charge in [0.25, 0.3) is 0 Å². The van der Waals surface area contributed by atoms with E-state index in [9.17, 15) is 5.11 Å². The summed E-state index contributed by atoms with van der Waals surface area (Å²) < 4.78 is 2.28. The van der Waals surface area contributed by atoms with Gasteiger partial charge in [-0.3, -0.25) is 4.90 Å². The highest BCUT2D eigenvalue weighted by Crippen LogP contribution is 2.48. The van der Waals surface area contributed by atoms with Gasteiger partial charge in [0.1, 0.15) is 11.6 Å². The molecule has 7 rings (SSSR count). The number of pyridine rings is 2. The van der Waals surface area contributed by atoms with E-state index in [2.05, 4.69) is 152 Å². The maximum atomic E-state index is 12.1. The quantitative estimate of drug-likeness (QED) is 0.195. The van der Waals surface area contributed by atoms with Crippen LogP contribution < -0.4 is 4.90 Å². The first kappa shape index (κ1) is 34.4. The average molecular weight is 690 g/mol. The molecule has 7 aromatic rings. The number of rotatable bonds is 5. The van der Waals surface area contributed by atoms with Crippen LogP contribution in [0.15, 0.2) is 115 Å². The van der Waals surface area contributed by atoms with Crippen LogP contribution >= 0.6 is 11.3 Å². The van der Waals surface area contributed by atoms with E-state index in [1.165, 1.54) is 21.2 Å². The number of phenolic OH excluding ortho intramolecular Hbond substituents is 1. The summed E-state index contributed by atoms with van der Waals surface area (Å²) in [6.07, 6.45) is 1.84. The summed E-state index contributed by atoms with van der Waals surface area (Å²) in [5, 5.41) is 14.5. The third kappa shape index (κ3) is 6.63. The minimum absolute atomic E-state index is 0.123. The van der Waals surface area contributed by atoms with Crippen molar-refractivity contribution in [2.45, 2.75) is 78.6 Å². The number of fused-ring (bicyclic) bond motifs is 3. The predicted molar refractivity (Wildman–Crippen MR) is 218 cm³/mol. The fraction of sp³-hybridized carbons (Fsp3) is 0.261. The molecule has 3 aromatic heterocycles. The van der Waals surface area contributed by atoms with Crippen LogP contribution in [-0.4, -0.2) is 15.1 Å². The Morgan fingerprint density at radius 1 is 0.608 bits per heavy atom. The fourth-order valence-corrected chi connectivity index (χ4v) is 7.86. The molecule has 3 heterocycles. The molecule has 0 amide bonds. The monoisotopic (exact) mass is 689 g/mol. The minimum atomic E-state index is -0.265. The first-order valence-corrected chi connectivity index (χ1v) is 18.5. The van der Waals surface area contributed by atoms with Gasteiger partial charge in [0.2, 0.25) is 0 Å². The van der Waals surface area contributed by atoms with Crippen LogP contribution in [0.1, 0.15) is 79.0 Å². The molecule has 0 radical (unpaired) electrons. The van der Waals surface area contributed by atoms with Crippen molar-refractivity contribution >= 4 is 48.7 Å². The molecular formula is C46H47N3OS. The molecule has 5 heteroatoms. The lowest BCUT2D eigenvalue weighted by Gasteiger charge is -2.28. The van der Waals surface area contributed by atoms with Gasteiger partial charge in [-0.1, -0.05) is 111 Å². The third-order valence-corrected chi connectivity index (χ3v) is 10.8. The molecule has 4 nitrogen and oxygen atoms in total. The smallest absolute Gasteiger partial charge is 0.137 e. The summed E-state index contributed by atoms with van der Waals surface area (Å²) in [7, 11) is 0.